The molecule has 0 saturated carbocycles. The maximum atomic E-state index is 5.87. The van der Waals surface area contributed by atoms with Crippen LogP contribution in [0.5, 0.6) is 0 Å². The molecule has 0 aliphatic carbocycles. The molecule has 0 aliphatic rings. The van der Waals surface area contributed by atoms with E-state index in [4.69, 9.17) is 11.6 Å². The zero-order chi connectivity index (χ0) is 12.0. The number of quaternary nitrogens is 2. The molecule has 2 N–H and O–H groups in total. The molecule has 0 spiro atoms. The van der Waals surface area contributed by atoms with Crippen molar-refractivity contribution in [3.05, 3.63) is 34.9 Å². The van der Waals surface area contributed by atoms with Crippen LogP contribution < -0.4 is 9.80 Å². The van der Waals surface area contributed by atoms with Gasteiger partial charge in [-0.1, -0.05) is 23.7 Å². The van der Waals surface area contributed by atoms with E-state index in [9.17, 15) is 0 Å². The summed E-state index contributed by atoms with van der Waals surface area (Å²) in [6, 6.07) is 8.20. The molecule has 1 aromatic rings. The molecule has 0 saturated heterocycles. The maximum Gasteiger partial charge on any atom is 0.127 e. The molecule has 0 radical (unpaired) electrons. The average Bonchev–Trinajstić information content (AvgIpc) is 2.26. The second-order valence-corrected chi connectivity index (χ2v) is 5.05. The molecule has 1 unspecified atom stereocenters. The van der Waals surface area contributed by atoms with E-state index in [1.54, 1.807) is 4.90 Å². The number of hydrogen-bond donors (Lipinski definition) is 2. The molecule has 0 aromatic heterocycles. The molecular formula is C13H23ClN2+2. The largest absolute Gasteiger partial charge is 0.335 e. The van der Waals surface area contributed by atoms with Crippen molar-refractivity contribution in [3.63, 3.8) is 0 Å². The number of rotatable bonds is 6. The van der Waals surface area contributed by atoms with Gasteiger partial charge in [0.1, 0.15) is 19.6 Å². The fourth-order valence-electron chi connectivity index (χ4n) is 1.71. The van der Waals surface area contributed by atoms with Crippen molar-refractivity contribution in [2.75, 3.05) is 33.7 Å². The van der Waals surface area contributed by atoms with E-state index < -0.39 is 0 Å². The quantitative estimate of drug-likeness (QED) is 0.689. The molecule has 16 heavy (non-hydrogen) atoms. The lowest BCUT2D eigenvalue weighted by molar-refractivity contribution is -0.949. The van der Waals surface area contributed by atoms with Gasteiger partial charge in [-0.3, -0.25) is 0 Å². The number of hydrogen-bond acceptors (Lipinski definition) is 0. The lowest BCUT2D eigenvalue weighted by Gasteiger charge is -2.18. The molecule has 1 aromatic carbocycles. The second-order valence-electron chi connectivity index (χ2n) is 4.61. The van der Waals surface area contributed by atoms with E-state index in [1.165, 1.54) is 30.1 Å². The summed E-state index contributed by atoms with van der Waals surface area (Å²) in [7, 11) is 4.41. The molecule has 1 rings (SSSR count). The van der Waals surface area contributed by atoms with Gasteiger partial charge >= 0.3 is 0 Å². The van der Waals surface area contributed by atoms with Crippen LogP contribution in [0.3, 0.4) is 0 Å². The van der Waals surface area contributed by atoms with Gasteiger partial charge in [-0.2, -0.15) is 0 Å². The van der Waals surface area contributed by atoms with Gasteiger partial charge in [0.15, 0.2) is 0 Å². The molecule has 0 bridgehead atoms. The predicted molar refractivity (Wildman–Crippen MR) is 69.2 cm³/mol. The van der Waals surface area contributed by atoms with Gasteiger partial charge in [-0.15, -0.1) is 0 Å². The van der Waals surface area contributed by atoms with Gasteiger partial charge in [-0.25, -0.2) is 0 Å². The Balaban J connectivity index is 2.46. The van der Waals surface area contributed by atoms with Gasteiger partial charge in [0.2, 0.25) is 0 Å². The summed E-state index contributed by atoms with van der Waals surface area (Å²) in [5.41, 5.74) is 1.37. The van der Waals surface area contributed by atoms with E-state index in [2.05, 4.69) is 33.2 Å². The first-order valence-electron chi connectivity index (χ1n) is 5.99. The van der Waals surface area contributed by atoms with E-state index >= 15 is 0 Å². The minimum absolute atomic E-state index is 0.819. The van der Waals surface area contributed by atoms with Crippen LogP contribution in [-0.2, 0) is 6.54 Å². The van der Waals surface area contributed by atoms with Gasteiger partial charge in [-0.05, 0) is 19.1 Å². The molecule has 3 heteroatoms. The Hall–Kier alpha value is -0.570. The second kappa shape index (κ2) is 6.89. The lowest BCUT2D eigenvalue weighted by Crippen LogP contribution is -3.17. The Kier molecular flexibility index (Phi) is 5.81. The third-order valence-corrected chi connectivity index (χ3v) is 3.10. The summed E-state index contributed by atoms with van der Waals surface area (Å²) in [6.45, 7) is 6.96. The molecule has 2 nitrogen and oxygen atoms in total. The van der Waals surface area contributed by atoms with Gasteiger partial charge in [0.05, 0.1) is 20.6 Å². The molecule has 0 heterocycles. The molecular weight excluding hydrogens is 220 g/mol. The van der Waals surface area contributed by atoms with Crippen molar-refractivity contribution in [1.29, 1.82) is 0 Å². The summed E-state index contributed by atoms with van der Waals surface area (Å²) in [4.78, 5) is 3.14. The number of likely N-dealkylation sites (N-methyl/N-ethyl adjacent to an activating group) is 2. The maximum absolute atomic E-state index is 5.87. The van der Waals surface area contributed by atoms with Crippen LogP contribution in [0.2, 0.25) is 5.02 Å². The van der Waals surface area contributed by atoms with E-state index in [0.717, 1.165) is 11.6 Å². The normalized spacial score (nSPS) is 13.1. The van der Waals surface area contributed by atoms with Crippen molar-refractivity contribution in [1.82, 2.24) is 0 Å². The fourth-order valence-corrected chi connectivity index (χ4v) is 1.83. The van der Waals surface area contributed by atoms with Crippen LogP contribution >= 0.6 is 11.6 Å². The minimum atomic E-state index is 0.819. The van der Waals surface area contributed by atoms with E-state index in [-0.39, 0.29) is 0 Å². The Bertz CT molecular complexity index is 295. The monoisotopic (exact) mass is 242 g/mol. The molecule has 1 atom stereocenters. The van der Waals surface area contributed by atoms with Gasteiger partial charge in [0.25, 0.3) is 0 Å². The fraction of sp³-hybridized carbons (Fsp3) is 0.538. The Labute approximate surface area is 104 Å². The van der Waals surface area contributed by atoms with Gasteiger partial charge < -0.3 is 9.80 Å². The van der Waals surface area contributed by atoms with Gasteiger partial charge in [0, 0.05) is 10.6 Å². The molecule has 90 valence electrons. The number of halogens is 1. The first-order chi connectivity index (χ1) is 7.61. The molecule has 0 fully saturated rings. The van der Waals surface area contributed by atoms with Crippen LogP contribution in [0.4, 0.5) is 0 Å². The highest BCUT2D eigenvalue weighted by Crippen LogP contribution is 2.08. The Morgan fingerprint density at radius 3 is 2.19 bits per heavy atom. The Morgan fingerprint density at radius 1 is 1.06 bits per heavy atom. The highest BCUT2D eigenvalue weighted by atomic mass is 35.5. The van der Waals surface area contributed by atoms with Crippen molar-refractivity contribution in [3.8, 4) is 0 Å². The van der Waals surface area contributed by atoms with Crippen LogP contribution in [0.1, 0.15) is 12.5 Å². The molecule has 0 amide bonds. The summed E-state index contributed by atoms with van der Waals surface area (Å²) < 4.78 is 0. The van der Waals surface area contributed by atoms with Crippen LogP contribution in [-0.4, -0.2) is 33.7 Å². The van der Waals surface area contributed by atoms with Crippen LogP contribution in [0, 0.1) is 0 Å². The highest BCUT2D eigenvalue weighted by Gasteiger charge is 2.08. The SMILES string of the molecule is CC[NH+](CC[NH+](C)C)Cc1ccc(Cl)cc1. The van der Waals surface area contributed by atoms with E-state index in [1.807, 2.05) is 12.1 Å². The standard InChI is InChI=1S/C13H21ClN2/c1-4-16(10-9-15(2)3)11-12-5-7-13(14)8-6-12/h5-8H,4,9-11H2,1-3H3/p+2. The lowest BCUT2D eigenvalue weighted by atomic mass is 10.2. The number of nitrogens with one attached hydrogen (secondary N) is 2. The summed E-state index contributed by atoms with van der Waals surface area (Å²) >= 11 is 5.87. The minimum Gasteiger partial charge on any atom is -0.335 e. The van der Waals surface area contributed by atoms with Crippen LogP contribution in [0.15, 0.2) is 24.3 Å². The first-order valence-corrected chi connectivity index (χ1v) is 6.36. The average molecular weight is 243 g/mol. The third kappa shape index (κ3) is 4.97. The summed E-state index contributed by atoms with van der Waals surface area (Å²) in [5.74, 6) is 0. The zero-order valence-corrected chi connectivity index (χ0v) is 11.3. The molecule has 0 aliphatic heterocycles. The van der Waals surface area contributed by atoms with Crippen molar-refractivity contribution in [2.24, 2.45) is 0 Å². The van der Waals surface area contributed by atoms with Crippen molar-refractivity contribution >= 4 is 11.6 Å². The smallest absolute Gasteiger partial charge is 0.127 e. The highest BCUT2D eigenvalue weighted by molar-refractivity contribution is 6.30. The predicted octanol–water partition coefficient (Wildman–Crippen LogP) is -0.111. The number of benzene rings is 1. The zero-order valence-electron chi connectivity index (χ0n) is 10.5. The third-order valence-electron chi connectivity index (χ3n) is 2.85. The van der Waals surface area contributed by atoms with E-state index in [0.29, 0.717) is 0 Å². The topological polar surface area (TPSA) is 8.88 Å². The summed E-state index contributed by atoms with van der Waals surface area (Å²) in [5, 5.41) is 0.819. The van der Waals surface area contributed by atoms with Crippen molar-refractivity contribution < 1.29 is 9.80 Å². The summed E-state index contributed by atoms with van der Waals surface area (Å²) in [6.07, 6.45) is 0. The van der Waals surface area contributed by atoms with Crippen molar-refractivity contribution in [2.45, 2.75) is 13.5 Å². The van der Waals surface area contributed by atoms with Crippen LogP contribution in [0.25, 0.3) is 0 Å². The first kappa shape index (κ1) is 13.5. The Morgan fingerprint density at radius 2 is 1.69 bits per heavy atom.